The van der Waals surface area contributed by atoms with Gasteiger partial charge in [-0.05, 0) is 12.5 Å². The number of hydrogen-bond acceptors (Lipinski definition) is 7. The molecule has 0 aromatic carbocycles. The van der Waals surface area contributed by atoms with Crippen LogP contribution in [0.2, 0.25) is 0 Å². The molecule has 4 aromatic rings. The lowest BCUT2D eigenvalue weighted by molar-refractivity contribution is -0.127. The van der Waals surface area contributed by atoms with Gasteiger partial charge < -0.3 is 15.0 Å². The molecule has 142 valence electrons. The van der Waals surface area contributed by atoms with E-state index in [0.717, 1.165) is 16.6 Å². The Balaban J connectivity index is 1.56. The third kappa shape index (κ3) is 2.53. The Morgan fingerprint density at radius 2 is 2.18 bits per heavy atom. The van der Waals surface area contributed by atoms with Crippen molar-refractivity contribution in [2.45, 2.75) is 12.5 Å². The summed E-state index contributed by atoms with van der Waals surface area (Å²) in [5.41, 5.74) is 2.51. The van der Waals surface area contributed by atoms with Crippen LogP contribution >= 0.6 is 0 Å². The summed E-state index contributed by atoms with van der Waals surface area (Å²) in [6, 6.07) is 1.61. The maximum absolute atomic E-state index is 12.2. The Labute approximate surface area is 159 Å². The highest BCUT2D eigenvalue weighted by Crippen LogP contribution is 2.31. The largest absolute Gasteiger partial charge is 0.479 e. The van der Waals surface area contributed by atoms with Gasteiger partial charge in [-0.2, -0.15) is 4.98 Å². The number of ether oxygens (including phenoxy) is 1. The standard InChI is InChI=1S/C18H18N8O2/c1-24-6-4-13(16(24)27)21-17-22-15(28-2)14-12(3-7-26(14)23-17)11-9-20-18-19-5-8-25(18)10-11/h3,5,7-10,13H,4,6H2,1-2H3,(H,21,23). The fourth-order valence-corrected chi connectivity index (χ4v) is 3.50. The molecule has 1 amide bonds. The quantitative estimate of drug-likeness (QED) is 0.567. The van der Waals surface area contributed by atoms with Crippen molar-refractivity contribution in [3.8, 4) is 17.0 Å². The first-order chi connectivity index (χ1) is 13.6. The normalized spacial score (nSPS) is 17.0. The number of carbonyl (C=O) groups excluding carboxylic acids is 1. The smallest absolute Gasteiger partial charge is 0.244 e. The Morgan fingerprint density at radius 1 is 1.29 bits per heavy atom. The zero-order valence-corrected chi connectivity index (χ0v) is 15.4. The predicted molar refractivity (Wildman–Crippen MR) is 101 cm³/mol. The summed E-state index contributed by atoms with van der Waals surface area (Å²) < 4.78 is 9.08. The number of hydrogen-bond donors (Lipinski definition) is 1. The van der Waals surface area contributed by atoms with Gasteiger partial charge in [0.15, 0.2) is 0 Å². The van der Waals surface area contributed by atoms with Crippen molar-refractivity contribution >= 4 is 23.1 Å². The van der Waals surface area contributed by atoms with E-state index in [1.165, 1.54) is 0 Å². The molecule has 10 heteroatoms. The second kappa shape index (κ2) is 6.19. The molecule has 4 aromatic heterocycles. The van der Waals surface area contributed by atoms with Crippen molar-refractivity contribution in [1.29, 1.82) is 0 Å². The van der Waals surface area contributed by atoms with Gasteiger partial charge >= 0.3 is 0 Å². The highest BCUT2D eigenvalue weighted by molar-refractivity contribution is 5.86. The number of methoxy groups -OCH3 is 1. The van der Waals surface area contributed by atoms with Crippen LogP contribution in [0.4, 0.5) is 5.95 Å². The molecule has 1 aliphatic rings. The average Bonchev–Trinajstić information content (AvgIpc) is 3.42. The number of likely N-dealkylation sites (tertiary alicyclic amines) is 1. The summed E-state index contributed by atoms with van der Waals surface area (Å²) in [4.78, 5) is 26.9. The minimum atomic E-state index is -0.324. The van der Waals surface area contributed by atoms with E-state index in [9.17, 15) is 4.79 Å². The number of nitrogens with zero attached hydrogens (tertiary/aromatic N) is 7. The molecule has 1 saturated heterocycles. The van der Waals surface area contributed by atoms with Crippen molar-refractivity contribution in [2.24, 2.45) is 0 Å². The lowest BCUT2D eigenvalue weighted by Gasteiger charge is -2.13. The van der Waals surface area contributed by atoms with E-state index < -0.39 is 0 Å². The van der Waals surface area contributed by atoms with Crippen molar-refractivity contribution in [3.63, 3.8) is 0 Å². The summed E-state index contributed by atoms with van der Waals surface area (Å²) in [5, 5.41) is 7.63. The zero-order valence-electron chi connectivity index (χ0n) is 15.4. The van der Waals surface area contributed by atoms with Crippen LogP contribution in [-0.4, -0.2) is 66.5 Å². The van der Waals surface area contributed by atoms with Gasteiger partial charge in [-0.1, -0.05) is 0 Å². The SMILES string of the molecule is COc1nc(NC2CCN(C)C2=O)nn2ccc(-c3cnc4nccn4c3)c12. The van der Waals surface area contributed by atoms with E-state index >= 15 is 0 Å². The molecule has 1 unspecified atom stereocenters. The van der Waals surface area contributed by atoms with E-state index in [-0.39, 0.29) is 11.9 Å². The monoisotopic (exact) mass is 378 g/mol. The zero-order chi connectivity index (χ0) is 19.3. The topological polar surface area (TPSA) is 102 Å². The van der Waals surface area contributed by atoms with Gasteiger partial charge in [0.25, 0.3) is 0 Å². The highest BCUT2D eigenvalue weighted by Gasteiger charge is 2.30. The Hall–Kier alpha value is -3.69. The van der Waals surface area contributed by atoms with Crippen LogP contribution in [0, 0.1) is 0 Å². The van der Waals surface area contributed by atoms with Crippen LogP contribution in [0.25, 0.3) is 22.4 Å². The van der Waals surface area contributed by atoms with Crippen molar-refractivity contribution < 1.29 is 9.53 Å². The molecule has 1 N–H and O–H groups in total. The summed E-state index contributed by atoms with van der Waals surface area (Å²) in [6.45, 7) is 0.716. The predicted octanol–water partition coefficient (Wildman–Crippen LogP) is 1.09. The molecule has 0 aliphatic carbocycles. The van der Waals surface area contributed by atoms with Crippen LogP contribution in [0.5, 0.6) is 5.88 Å². The fraction of sp³-hybridized carbons (Fsp3) is 0.278. The molecule has 28 heavy (non-hydrogen) atoms. The molecule has 1 fully saturated rings. The number of imidazole rings is 1. The van der Waals surface area contributed by atoms with Gasteiger partial charge in [0.05, 0.1) is 7.11 Å². The summed E-state index contributed by atoms with van der Waals surface area (Å²) >= 11 is 0. The number of amides is 1. The maximum Gasteiger partial charge on any atom is 0.244 e. The first-order valence-electron chi connectivity index (χ1n) is 8.88. The van der Waals surface area contributed by atoms with E-state index in [1.54, 1.807) is 36.0 Å². The van der Waals surface area contributed by atoms with Crippen LogP contribution in [-0.2, 0) is 4.79 Å². The Morgan fingerprint density at radius 3 is 2.96 bits per heavy atom. The highest BCUT2D eigenvalue weighted by atomic mass is 16.5. The molecular weight excluding hydrogens is 360 g/mol. The molecular formula is C18H18N8O2. The molecule has 0 radical (unpaired) electrons. The van der Waals surface area contributed by atoms with E-state index in [4.69, 9.17) is 4.74 Å². The number of nitrogens with one attached hydrogen (secondary N) is 1. The molecule has 10 nitrogen and oxygen atoms in total. The molecule has 1 aliphatic heterocycles. The molecule has 5 rings (SSSR count). The molecule has 5 heterocycles. The summed E-state index contributed by atoms with van der Waals surface area (Å²) in [6.07, 6.45) is 9.80. The summed E-state index contributed by atoms with van der Waals surface area (Å²) in [7, 11) is 3.35. The van der Waals surface area contributed by atoms with Crippen LogP contribution in [0.15, 0.2) is 37.1 Å². The van der Waals surface area contributed by atoms with E-state index in [2.05, 4.69) is 25.4 Å². The number of fused-ring (bicyclic) bond motifs is 2. The fourth-order valence-electron chi connectivity index (χ4n) is 3.50. The molecule has 0 bridgehead atoms. The Bertz CT molecular complexity index is 1200. The summed E-state index contributed by atoms with van der Waals surface area (Å²) in [5.74, 6) is 1.44. The lowest BCUT2D eigenvalue weighted by atomic mass is 10.1. The van der Waals surface area contributed by atoms with Crippen molar-refractivity contribution in [2.75, 3.05) is 26.0 Å². The number of carbonyl (C=O) groups is 1. The van der Waals surface area contributed by atoms with Crippen LogP contribution in [0.1, 0.15) is 6.42 Å². The first-order valence-corrected chi connectivity index (χ1v) is 8.88. The van der Waals surface area contributed by atoms with Crippen LogP contribution in [0.3, 0.4) is 0 Å². The van der Waals surface area contributed by atoms with Gasteiger partial charge in [0, 0.05) is 55.7 Å². The van der Waals surface area contributed by atoms with Gasteiger partial charge in [0.2, 0.25) is 23.5 Å². The van der Waals surface area contributed by atoms with Gasteiger partial charge in [-0.25, -0.2) is 14.5 Å². The van der Waals surface area contributed by atoms with Crippen molar-refractivity contribution in [1.82, 2.24) is 33.9 Å². The number of anilines is 1. The lowest BCUT2D eigenvalue weighted by Crippen LogP contribution is -2.31. The average molecular weight is 378 g/mol. The minimum Gasteiger partial charge on any atom is -0.479 e. The van der Waals surface area contributed by atoms with Gasteiger partial charge in [0.1, 0.15) is 11.6 Å². The maximum atomic E-state index is 12.2. The van der Waals surface area contributed by atoms with E-state index in [1.807, 2.05) is 29.1 Å². The van der Waals surface area contributed by atoms with Crippen molar-refractivity contribution in [3.05, 3.63) is 37.1 Å². The second-order valence-corrected chi connectivity index (χ2v) is 6.69. The Kier molecular flexibility index (Phi) is 3.64. The van der Waals surface area contributed by atoms with Crippen LogP contribution < -0.4 is 10.1 Å². The second-order valence-electron chi connectivity index (χ2n) is 6.69. The molecule has 0 spiro atoms. The van der Waals surface area contributed by atoms with Gasteiger partial charge in [-0.15, -0.1) is 5.10 Å². The van der Waals surface area contributed by atoms with Gasteiger partial charge in [-0.3, -0.25) is 9.20 Å². The molecule has 1 atom stereocenters. The first kappa shape index (κ1) is 16.5. The number of rotatable bonds is 4. The third-order valence-corrected chi connectivity index (χ3v) is 4.96. The number of likely N-dealkylation sites (N-methyl/N-ethyl adjacent to an activating group) is 1. The number of aromatic nitrogens is 6. The molecule has 0 saturated carbocycles. The minimum absolute atomic E-state index is 0.0376. The van der Waals surface area contributed by atoms with E-state index in [0.29, 0.717) is 30.6 Å². The third-order valence-electron chi connectivity index (χ3n) is 4.96.